The number of carbonyl (C=O) groups is 2. The SMILES string of the molecule is CO.COC(=O)c1c(Cc2ccc(C(=O)NC3[C@@H]4CC5C[C@H]3CC(O)(C5)C4)cc2)c(=O)c2cccnc2n1-c1ccccc1. The Kier molecular flexibility index (Phi) is 8.09. The molecule has 0 saturated heterocycles. The summed E-state index contributed by atoms with van der Waals surface area (Å²) in [6.45, 7) is 0. The third-order valence-electron chi connectivity index (χ3n) is 9.56. The number of fused-ring (bicyclic) bond motifs is 1. The van der Waals surface area contributed by atoms with Crippen LogP contribution in [0.2, 0.25) is 0 Å². The molecule has 3 N–H and O–H groups in total. The molecule has 228 valence electrons. The second-order valence-electron chi connectivity index (χ2n) is 12.3. The highest BCUT2D eigenvalue weighted by Crippen LogP contribution is 2.55. The predicted octanol–water partition coefficient (Wildman–Crippen LogP) is 4.04. The lowest BCUT2D eigenvalue weighted by Gasteiger charge is -2.58. The summed E-state index contributed by atoms with van der Waals surface area (Å²) in [5.74, 6) is 0.484. The Labute approximate surface area is 255 Å². The molecule has 0 spiro atoms. The number of rotatable bonds is 6. The fourth-order valence-corrected chi connectivity index (χ4v) is 8.00. The summed E-state index contributed by atoms with van der Waals surface area (Å²) in [6.07, 6.45) is 6.37. The molecule has 4 fully saturated rings. The maximum absolute atomic E-state index is 13.8. The Bertz CT molecular complexity index is 1730. The zero-order chi connectivity index (χ0) is 31.0. The molecule has 4 aromatic rings. The van der Waals surface area contributed by atoms with Gasteiger partial charge in [0.1, 0.15) is 11.3 Å². The maximum atomic E-state index is 13.8. The second kappa shape index (κ2) is 12.0. The first kappa shape index (κ1) is 29.7. The van der Waals surface area contributed by atoms with Crippen LogP contribution in [0.4, 0.5) is 0 Å². The van der Waals surface area contributed by atoms with E-state index in [0.717, 1.165) is 44.8 Å². The van der Waals surface area contributed by atoms with Crippen LogP contribution in [0, 0.1) is 17.8 Å². The van der Waals surface area contributed by atoms with Crippen molar-refractivity contribution >= 4 is 22.9 Å². The van der Waals surface area contributed by atoms with E-state index in [2.05, 4.69) is 10.3 Å². The molecular formula is C35H37N3O6. The van der Waals surface area contributed by atoms with Crippen LogP contribution in [-0.4, -0.2) is 57.5 Å². The first-order valence-corrected chi connectivity index (χ1v) is 15.1. The number of hydrogen-bond acceptors (Lipinski definition) is 7. The van der Waals surface area contributed by atoms with E-state index in [1.807, 2.05) is 42.5 Å². The Morgan fingerprint density at radius 1 is 0.977 bits per heavy atom. The highest BCUT2D eigenvalue weighted by Gasteiger charge is 2.55. The minimum Gasteiger partial charge on any atom is -0.464 e. The average Bonchev–Trinajstić information content (AvgIpc) is 3.04. The number of amides is 1. The summed E-state index contributed by atoms with van der Waals surface area (Å²) in [6, 6.07) is 20.0. The minimum absolute atomic E-state index is 0.0966. The molecule has 3 unspecified atom stereocenters. The molecule has 9 heteroatoms. The van der Waals surface area contributed by atoms with E-state index in [0.29, 0.717) is 45.6 Å². The largest absolute Gasteiger partial charge is 0.464 e. The smallest absolute Gasteiger partial charge is 0.355 e. The number of benzene rings is 2. The minimum atomic E-state index is -0.630. The molecule has 0 aliphatic heterocycles. The van der Waals surface area contributed by atoms with Crippen LogP contribution < -0.4 is 10.7 Å². The van der Waals surface area contributed by atoms with Crippen molar-refractivity contribution in [1.29, 1.82) is 0 Å². The van der Waals surface area contributed by atoms with Gasteiger partial charge in [0.25, 0.3) is 5.91 Å². The summed E-state index contributed by atoms with van der Waals surface area (Å²) in [5.41, 5.74) is 2.00. The topological polar surface area (TPSA) is 131 Å². The van der Waals surface area contributed by atoms with Crippen LogP contribution >= 0.6 is 0 Å². The second-order valence-corrected chi connectivity index (χ2v) is 12.3. The molecule has 2 aromatic carbocycles. The molecule has 8 rings (SSSR count). The Morgan fingerprint density at radius 3 is 2.30 bits per heavy atom. The van der Waals surface area contributed by atoms with Gasteiger partial charge in [0.05, 0.1) is 18.1 Å². The molecule has 2 heterocycles. The normalized spacial score (nSPS) is 24.8. The molecule has 2 aromatic heterocycles. The van der Waals surface area contributed by atoms with Crippen LogP contribution in [0.25, 0.3) is 16.7 Å². The molecule has 4 bridgehead atoms. The number of aromatic nitrogens is 2. The predicted molar refractivity (Wildman–Crippen MR) is 166 cm³/mol. The van der Waals surface area contributed by atoms with E-state index in [1.54, 1.807) is 35.0 Å². The van der Waals surface area contributed by atoms with Crippen LogP contribution in [0.3, 0.4) is 0 Å². The molecule has 4 aliphatic carbocycles. The average molecular weight is 596 g/mol. The third kappa shape index (κ3) is 5.31. The van der Waals surface area contributed by atoms with Gasteiger partial charge in [-0.3, -0.25) is 14.2 Å². The number of nitrogens with one attached hydrogen (secondary N) is 1. The zero-order valence-electron chi connectivity index (χ0n) is 24.9. The van der Waals surface area contributed by atoms with Crippen LogP contribution in [-0.2, 0) is 11.2 Å². The van der Waals surface area contributed by atoms with Crippen molar-refractivity contribution in [3.8, 4) is 5.69 Å². The summed E-state index contributed by atoms with van der Waals surface area (Å²) in [7, 11) is 2.30. The van der Waals surface area contributed by atoms with Gasteiger partial charge in [-0.2, -0.15) is 0 Å². The molecular weight excluding hydrogens is 558 g/mol. The van der Waals surface area contributed by atoms with E-state index in [-0.39, 0.29) is 29.5 Å². The lowest BCUT2D eigenvalue weighted by molar-refractivity contribution is -0.136. The van der Waals surface area contributed by atoms with Gasteiger partial charge in [-0.05, 0) is 91.8 Å². The van der Waals surface area contributed by atoms with Crippen LogP contribution in [0.5, 0.6) is 0 Å². The van der Waals surface area contributed by atoms with Crippen LogP contribution in [0.1, 0.15) is 64.1 Å². The number of hydrogen-bond donors (Lipinski definition) is 3. The summed E-state index contributed by atoms with van der Waals surface area (Å²) in [4.78, 5) is 44.7. The molecule has 4 aliphatic rings. The van der Waals surface area contributed by atoms with Crippen molar-refractivity contribution in [2.75, 3.05) is 14.2 Å². The fourth-order valence-electron chi connectivity index (χ4n) is 8.00. The number of pyridine rings is 2. The Morgan fingerprint density at radius 2 is 1.66 bits per heavy atom. The van der Waals surface area contributed by atoms with E-state index < -0.39 is 11.6 Å². The summed E-state index contributed by atoms with van der Waals surface area (Å²) < 4.78 is 6.84. The van der Waals surface area contributed by atoms with Gasteiger partial charge in [-0.15, -0.1) is 0 Å². The van der Waals surface area contributed by atoms with Crippen molar-refractivity contribution in [2.45, 2.75) is 50.2 Å². The fraction of sp³-hybridized carbons (Fsp3) is 0.371. The first-order chi connectivity index (χ1) is 21.3. The number of methoxy groups -OCH3 is 1. The zero-order valence-corrected chi connectivity index (χ0v) is 24.9. The van der Waals surface area contributed by atoms with Crippen LogP contribution in [0.15, 0.2) is 77.7 Å². The number of nitrogens with zero attached hydrogens (tertiary/aromatic N) is 2. The monoisotopic (exact) mass is 595 g/mol. The van der Waals surface area contributed by atoms with Crippen molar-refractivity contribution in [1.82, 2.24) is 14.9 Å². The lowest BCUT2D eigenvalue weighted by atomic mass is 9.52. The number of para-hydroxylation sites is 1. The highest BCUT2D eigenvalue weighted by molar-refractivity contribution is 5.95. The standard InChI is InChI=1S/C34H33N3O5.CH4O/c1-42-33(40)29-27(30(38)26-8-5-13-35-31(26)37(29)25-6-3-2-4-7-25)16-20-9-11-22(12-10-20)32(39)36-28-23-14-21-15-24(28)19-34(41,17-21)18-23;1-2/h2-13,21,23-24,28,41H,14-19H2,1H3,(H,36,39);2H,1H3/t21?,23-,24+,28?,34?;. The van der Waals surface area contributed by atoms with Gasteiger partial charge in [0.2, 0.25) is 0 Å². The third-order valence-corrected chi connectivity index (χ3v) is 9.56. The Hall–Kier alpha value is -4.34. The van der Waals surface area contributed by atoms with Crippen molar-refractivity contribution in [3.63, 3.8) is 0 Å². The van der Waals surface area contributed by atoms with E-state index >= 15 is 0 Å². The molecule has 0 radical (unpaired) electrons. The Balaban J connectivity index is 0.00000168. The molecule has 4 saturated carbocycles. The highest BCUT2D eigenvalue weighted by atomic mass is 16.5. The summed E-state index contributed by atoms with van der Waals surface area (Å²) in [5, 5.41) is 21.6. The van der Waals surface area contributed by atoms with Gasteiger partial charge >= 0.3 is 5.97 Å². The quantitative estimate of drug-likeness (QED) is 0.287. The summed E-state index contributed by atoms with van der Waals surface area (Å²) >= 11 is 0. The molecule has 1 amide bonds. The first-order valence-electron chi connectivity index (χ1n) is 15.1. The van der Waals surface area contributed by atoms with Crippen molar-refractivity contribution in [3.05, 3.63) is 106 Å². The van der Waals surface area contributed by atoms with Gasteiger partial charge in [-0.1, -0.05) is 30.3 Å². The van der Waals surface area contributed by atoms with E-state index in [1.165, 1.54) is 7.11 Å². The van der Waals surface area contributed by atoms with Crippen molar-refractivity contribution < 1.29 is 24.5 Å². The van der Waals surface area contributed by atoms with E-state index in [9.17, 15) is 19.5 Å². The number of esters is 1. The van der Waals surface area contributed by atoms with Gasteiger partial charge < -0.3 is 20.3 Å². The van der Waals surface area contributed by atoms with Gasteiger partial charge in [0, 0.05) is 42.6 Å². The number of aliphatic hydroxyl groups excluding tert-OH is 1. The number of aliphatic hydroxyl groups is 2. The van der Waals surface area contributed by atoms with Gasteiger partial charge in [-0.25, -0.2) is 9.78 Å². The molecule has 9 nitrogen and oxygen atoms in total. The maximum Gasteiger partial charge on any atom is 0.355 e. The van der Waals surface area contributed by atoms with E-state index in [4.69, 9.17) is 9.84 Å². The molecule has 44 heavy (non-hydrogen) atoms. The number of ether oxygens (including phenoxy) is 1. The van der Waals surface area contributed by atoms with Crippen molar-refractivity contribution in [2.24, 2.45) is 17.8 Å². The number of carbonyl (C=O) groups excluding carboxylic acids is 2. The lowest BCUT2D eigenvalue weighted by Crippen LogP contribution is -2.61. The van der Waals surface area contributed by atoms with Gasteiger partial charge in [0.15, 0.2) is 5.43 Å². The molecule has 5 atom stereocenters.